The van der Waals surface area contributed by atoms with E-state index in [4.69, 9.17) is 6.42 Å². The topological polar surface area (TPSA) is 15.3 Å². The van der Waals surface area contributed by atoms with Crippen LogP contribution in [0, 0.1) is 24.0 Å². The lowest BCUT2D eigenvalue weighted by atomic mass is 10.0. The van der Waals surface area contributed by atoms with Crippen molar-refractivity contribution in [3.8, 4) is 12.3 Å². The number of nitrogens with one attached hydrogen (secondary N) is 1. The first-order chi connectivity index (χ1) is 9.60. The standard InChI is InChI=1S/C16H20F2N2/c1-3-8-20-9-6-14(7-10-20)19-12(2)15-5-4-13(17)11-16(15)18/h1,4-5,11-12,14,19H,6-10H2,2H3. The van der Waals surface area contributed by atoms with Gasteiger partial charge in [0.2, 0.25) is 0 Å². The van der Waals surface area contributed by atoms with E-state index in [1.54, 1.807) is 0 Å². The Bertz CT molecular complexity index is 488. The number of piperidine rings is 1. The van der Waals surface area contributed by atoms with Crippen LogP contribution >= 0.6 is 0 Å². The lowest BCUT2D eigenvalue weighted by molar-refractivity contribution is 0.210. The zero-order chi connectivity index (χ0) is 14.5. The van der Waals surface area contributed by atoms with Gasteiger partial charge in [0, 0.05) is 36.8 Å². The van der Waals surface area contributed by atoms with Gasteiger partial charge in [-0.05, 0) is 25.8 Å². The molecular weight excluding hydrogens is 258 g/mol. The number of hydrogen-bond donors (Lipinski definition) is 1. The van der Waals surface area contributed by atoms with Gasteiger partial charge >= 0.3 is 0 Å². The van der Waals surface area contributed by atoms with Gasteiger partial charge in [0.1, 0.15) is 11.6 Å². The van der Waals surface area contributed by atoms with E-state index in [0.717, 1.165) is 32.0 Å². The Labute approximate surface area is 119 Å². The van der Waals surface area contributed by atoms with Crippen molar-refractivity contribution in [2.75, 3.05) is 19.6 Å². The van der Waals surface area contributed by atoms with Crippen LogP contribution in [0.5, 0.6) is 0 Å². The monoisotopic (exact) mass is 278 g/mol. The molecule has 0 saturated carbocycles. The second kappa shape index (κ2) is 6.83. The van der Waals surface area contributed by atoms with Gasteiger partial charge < -0.3 is 5.32 Å². The first kappa shape index (κ1) is 15.0. The normalized spacial score (nSPS) is 18.7. The highest BCUT2D eigenvalue weighted by molar-refractivity contribution is 5.21. The Balaban J connectivity index is 1.89. The predicted octanol–water partition coefficient (Wildman–Crippen LogP) is 2.71. The summed E-state index contributed by atoms with van der Waals surface area (Å²) >= 11 is 0. The lowest BCUT2D eigenvalue weighted by Crippen LogP contribution is -2.43. The van der Waals surface area contributed by atoms with Gasteiger partial charge in [-0.15, -0.1) is 6.42 Å². The number of hydrogen-bond acceptors (Lipinski definition) is 2. The van der Waals surface area contributed by atoms with Crippen LogP contribution in [0.3, 0.4) is 0 Å². The molecule has 1 N–H and O–H groups in total. The summed E-state index contributed by atoms with van der Waals surface area (Å²) < 4.78 is 26.6. The molecule has 1 fully saturated rings. The fraction of sp³-hybridized carbons (Fsp3) is 0.500. The number of nitrogens with zero attached hydrogens (tertiary/aromatic N) is 1. The van der Waals surface area contributed by atoms with Crippen molar-refractivity contribution in [3.05, 3.63) is 35.4 Å². The average molecular weight is 278 g/mol. The van der Waals surface area contributed by atoms with Gasteiger partial charge in [-0.1, -0.05) is 12.0 Å². The predicted molar refractivity (Wildman–Crippen MR) is 76.2 cm³/mol. The van der Waals surface area contributed by atoms with Gasteiger partial charge in [0.15, 0.2) is 0 Å². The van der Waals surface area contributed by atoms with Gasteiger partial charge in [0.05, 0.1) is 6.54 Å². The molecule has 1 saturated heterocycles. The Hall–Kier alpha value is -1.44. The lowest BCUT2D eigenvalue weighted by Gasteiger charge is -2.33. The molecule has 108 valence electrons. The van der Waals surface area contributed by atoms with Crippen molar-refractivity contribution in [2.45, 2.75) is 31.8 Å². The minimum Gasteiger partial charge on any atom is -0.307 e. The molecule has 1 aliphatic rings. The van der Waals surface area contributed by atoms with E-state index >= 15 is 0 Å². The van der Waals surface area contributed by atoms with Crippen molar-refractivity contribution in [1.82, 2.24) is 10.2 Å². The molecule has 0 bridgehead atoms. The molecule has 1 unspecified atom stereocenters. The van der Waals surface area contributed by atoms with Crippen LogP contribution in [0.15, 0.2) is 18.2 Å². The molecule has 1 atom stereocenters. The highest BCUT2D eigenvalue weighted by atomic mass is 19.1. The summed E-state index contributed by atoms with van der Waals surface area (Å²) in [4.78, 5) is 2.24. The summed E-state index contributed by atoms with van der Waals surface area (Å²) in [7, 11) is 0. The van der Waals surface area contributed by atoms with Crippen molar-refractivity contribution in [3.63, 3.8) is 0 Å². The first-order valence-corrected chi connectivity index (χ1v) is 6.97. The summed E-state index contributed by atoms with van der Waals surface area (Å²) in [5, 5.41) is 3.42. The van der Waals surface area contributed by atoms with E-state index in [-0.39, 0.29) is 6.04 Å². The molecule has 0 spiro atoms. The van der Waals surface area contributed by atoms with E-state index in [2.05, 4.69) is 16.1 Å². The molecule has 2 rings (SSSR count). The molecule has 1 heterocycles. The summed E-state index contributed by atoms with van der Waals surface area (Å²) in [5.74, 6) is 1.62. The third kappa shape index (κ3) is 3.78. The van der Waals surface area contributed by atoms with E-state index in [9.17, 15) is 8.78 Å². The molecular formula is C16H20F2N2. The molecule has 4 heteroatoms. The van der Waals surface area contributed by atoms with Crippen LogP contribution in [-0.4, -0.2) is 30.6 Å². The Morgan fingerprint density at radius 3 is 2.70 bits per heavy atom. The van der Waals surface area contributed by atoms with E-state index in [1.165, 1.54) is 12.1 Å². The van der Waals surface area contributed by atoms with Crippen LogP contribution < -0.4 is 5.32 Å². The maximum Gasteiger partial charge on any atom is 0.130 e. The Morgan fingerprint density at radius 2 is 2.10 bits per heavy atom. The molecule has 1 aromatic carbocycles. The van der Waals surface area contributed by atoms with Crippen LogP contribution in [0.2, 0.25) is 0 Å². The van der Waals surface area contributed by atoms with Crippen molar-refractivity contribution < 1.29 is 8.78 Å². The average Bonchev–Trinajstić information content (AvgIpc) is 2.41. The van der Waals surface area contributed by atoms with Gasteiger partial charge in [0.25, 0.3) is 0 Å². The maximum absolute atomic E-state index is 13.7. The second-order valence-corrected chi connectivity index (χ2v) is 5.31. The fourth-order valence-electron chi connectivity index (χ4n) is 2.68. The highest BCUT2D eigenvalue weighted by Crippen LogP contribution is 2.20. The third-order valence-electron chi connectivity index (χ3n) is 3.82. The molecule has 0 aliphatic carbocycles. The van der Waals surface area contributed by atoms with Crippen LogP contribution in [0.25, 0.3) is 0 Å². The summed E-state index contributed by atoms with van der Waals surface area (Å²) in [6, 6.07) is 3.97. The molecule has 0 aromatic heterocycles. The number of likely N-dealkylation sites (tertiary alicyclic amines) is 1. The smallest absolute Gasteiger partial charge is 0.130 e. The zero-order valence-electron chi connectivity index (χ0n) is 11.7. The van der Waals surface area contributed by atoms with Crippen LogP contribution in [0.1, 0.15) is 31.4 Å². The molecule has 1 aliphatic heterocycles. The largest absolute Gasteiger partial charge is 0.307 e. The number of terminal acetylenes is 1. The van der Waals surface area contributed by atoms with Gasteiger partial charge in [-0.3, -0.25) is 4.90 Å². The number of rotatable bonds is 4. The van der Waals surface area contributed by atoms with Crippen LogP contribution in [-0.2, 0) is 0 Å². The summed E-state index contributed by atoms with van der Waals surface area (Å²) in [6.07, 6.45) is 7.29. The van der Waals surface area contributed by atoms with Crippen molar-refractivity contribution in [1.29, 1.82) is 0 Å². The second-order valence-electron chi connectivity index (χ2n) is 5.31. The zero-order valence-corrected chi connectivity index (χ0v) is 11.7. The van der Waals surface area contributed by atoms with Gasteiger partial charge in [-0.2, -0.15) is 0 Å². The van der Waals surface area contributed by atoms with Crippen LogP contribution in [0.4, 0.5) is 8.78 Å². The number of benzene rings is 1. The summed E-state index contributed by atoms with van der Waals surface area (Å²) in [5.41, 5.74) is 0.512. The third-order valence-corrected chi connectivity index (χ3v) is 3.82. The minimum atomic E-state index is -0.541. The minimum absolute atomic E-state index is 0.125. The molecule has 20 heavy (non-hydrogen) atoms. The first-order valence-electron chi connectivity index (χ1n) is 6.97. The van der Waals surface area contributed by atoms with Crippen molar-refractivity contribution in [2.24, 2.45) is 0 Å². The quantitative estimate of drug-likeness (QED) is 0.852. The van der Waals surface area contributed by atoms with E-state index in [0.29, 0.717) is 18.2 Å². The van der Waals surface area contributed by atoms with E-state index < -0.39 is 11.6 Å². The van der Waals surface area contributed by atoms with Gasteiger partial charge in [-0.25, -0.2) is 8.78 Å². The van der Waals surface area contributed by atoms with E-state index in [1.807, 2.05) is 6.92 Å². The fourth-order valence-corrected chi connectivity index (χ4v) is 2.68. The Morgan fingerprint density at radius 1 is 1.40 bits per heavy atom. The highest BCUT2D eigenvalue weighted by Gasteiger charge is 2.21. The maximum atomic E-state index is 13.7. The Kier molecular flexibility index (Phi) is 5.11. The van der Waals surface area contributed by atoms with Crippen molar-refractivity contribution >= 4 is 0 Å². The summed E-state index contributed by atoms with van der Waals surface area (Å²) in [6.45, 7) is 4.51. The number of halogens is 2. The molecule has 0 radical (unpaired) electrons. The molecule has 2 nitrogen and oxygen atoms in total. The molecule has 1 aromatic rings. The molecule has 0 amide bonds. The SMILES string of the molecule is C#CCN1CCC(NC(C)c2ccc(F)cc2F)CC1.